The molecule has 0 aromatic carbocycles. The first kappa shape index (κ1) is 13.5. The molecule has 0 aromatic heterocycles. The third kappa shape index (κ3) is 3.44. The Morgan fingerprint density at radius 2 is 2.24 bits per heavy atom. The Labute approximate surface area is 100 Å². The highest BCUT2D eigenvalue weighted by atomic mass is 16.2. The van der Waals surface area contributed by atoms with Crippen molar-refractivity contribution in [3.05, 3.63) is 0 Å². The van der Waals surface area contributed by atoms with Gasteiger partial charge in [-0.1, -0.05) is 20.3 Å². The van der Waals surface area contributed by atoms with E-state index in [1.807, 2.05) is 13.8 Å². The lowest BCUT2D eigenvalue weighted by Gasteiger charge is -2.22. The highest BCUT2D eigenvalue weighted by Crippen LogP contribution is 2.10. The minimum absolute atomic E-state index is 0.0199. The molecule has 1 aliphatic heterocycles. The van der Waals surface area contributed by atoms with Crippen LogP contribution >= 0.6 is 0 Å². The molecule has 1 fully saturated rings. The van der Waals surface area contributed by atoms with Crippen LogP contribution in [0.25, 0.3) is 0 Å². The molecule has 1 saturated heterocycles. The van der Waals surface area contributed by atoms with Crippen molar-refractivity contribution in [2.75, 3.05) is 0 Å². The molecule has 0 aromatic rings. The number of primary amides is 1. The summed E-state index contributed by atoms with van der Waals surface area (Å²) in [5.41, 5.74) is 5.25. The molecule has 1 rings (SSSR count). The Hall–Kier alpha value is -1.59. The first-order valence-corrected chi connectivity index (χ1v) is 5.84. The van der Waals surface area contributed by atoms with Gasteiger partial charge in [-0.3, -0.25) is 14.4 Å². The quantitative estimate of drug-likeness (QED) is 0.592. The fraction of sp³-hybridized carbons (Fsp3) is 0.727. The first-order valence-electron chi connectivity index (χ1n) is 5.84. The van der Waals surface area contributed by atoms with Crippen LogP contribution in [0, 0.1) is 5.92 Å². The van der Waals surface area contributed by atoms with Gasteiger partial charge in [0.2, 0.25) is 17.7 Å². The largest absolute Gasteiger partial charge is 0.368 e. The maximum atomic E-state index is 11.8. The topological polar surface area (TPSA) is 101 Å². The summed E-state index contributed by atoms with van der Waals surface area (Å²) in [5.74, 6) is -1.03. The Balaban J connectivity index is 2.58. The summed E-state index contributed by atoms with van der Waals surface area (Å²) in [6.07, 6.45) is 1.56. The molecule has 0 aliphatic carbocycles. The molecule has 0 spiro atoms. The molecular formula is C11H19N3O3. The molecule has 3 amide bonds. The normalized spacial score (nSPS) is 22.7. The molecule has 0 saturated carbocycles. The van der Waals surface area contributed by atoms with E-state index in [1.54, 1.807) is 0 Å². The first-order chi connectivity index (χ1) is 7.95. The Bertz CT molecular complexity index is 330. The number of hydrogen-bond acceptors (Lipinski definition) is 3. The van der Waals surface area contributed by atoms with Gasteiger partial charge in [0.15, 0.2) is 0 Å². The maximum Gasteiger partial charge on any atom is 0.243 e. The standard InChI is InChI=1S/C11H19N3O3/c1-3-6(2)9(10(12)16)14-11(17)7-4-5-8(15)13-7/h6-7,9H,3-5H2,1-2H3,(H2,12,16)(H,13,15)(H,14,17)/t6-,7+,9-/m0/s1. The molecule has 3 atom stereocenters. The van der Waals surface area contributed by atoms with E-state index in [0.717, 1.165) is 6.42 Å². The summed E-state index contributed by atoms with van der Waals surface area (Å²) in [4.78, 5) is 34.0. The lowest BCUT2D eigenvalue weighted by molar-refractivity contribution is -0.130. The van der Waals surface area contributed by atoms with Gasteiger partial charge in [0.25, 0.3) is 0 Å². The smallest absolute Gasteiger partial charge is 0.243 e. The van der Waals surface area contributed by atoms with Crippen molar-refractivity contribution >= 4 is 17.7 Å². The molecule has 96 valence electrons. The lowest BCUT2D eigenvalue weighted by Crippen LogP contribution is -2.53. The maximum absolute atomic E-state index is 11.8. The van der Waals surface area contributed by atoms with Gasteiger partial charge in [0.1, 0.15) is 12.1 Å². The van der Waals surface area contributed by atoms with Gasteiger partial charge in [-0.2, -0.15) is 0 Å². The average Bonchev–Trinajstić information content (AvgIpc) is 2.71. The number of rotatable bonds is 5. The molecule has 6 nitrogen and oxygen atoms in total. The molecule has 0 radical (unpaired) electrons. The van der Waals surface area contributed by atoms with Crippen molar-refractivity contribution in [3.8, 4) is 0 Å². The van der Waals surface area contributed by atoms with Crippen LogP contribution in [0.5, 0.6) is 0 Å². The molecule has 17 heavy (non-hydrogen) atoms. The van der Waals surface area contributed by atoms with Gasteiger partial charge in [0, 0.05) is 6.42 Å². The van der Waals surface area contributed by atoms with Crippen LogP contribution in [-0.4, -0.2) is 29.8 Å². The van der Waals surface area contributed by atoms with E-state index in [0.29, 0.717) is 12.8 Å². The number of hydrogen-bond donors (Lipinski definition) is 3. The number of nitrogens with one attached hydrogen (secondary N) is 2. The van der Waals surface area contributed by atoms with Crippen LogP contribution in [0.4, 0.5) is 0 Å². The summed E-state index contributed by atoms with van der Waals surface area (Å²) >= 11 is 0. The summed E-state index contributed by atoms with van der Waals surface area (Å²) in [5, 5.41) is 5.15. The third-order valence-electron chi connectivity index (χ3n) is 3.13. The van der Waals surface area contributed by atoms with Crippen molar-refractivity contribution < 1.29 is 14.4 Å². The third-order valence-corrected chi connectivity index (χ3v) is 3.13. The number of carbonyl (C=O) groups is 3. The van der Waals surface area contributed by atoms with Gasteiger partial charge in [-0.15, -0.1) is 0 Å². The molecule has 0 unspecified atom stereocenters. The van der Waals surface area contributed by atoms with Crippen LogP contribution in [0.3, 0.4) is 0 Å². The van der Waals surface area contributed by atoms with E-state index in [-0.39, 0.29) is 17.7 Å². The summed E-state index contributed by atoms with van der Waals surface area (Å²) in [6.45, 7) is 3.77. The van der Waals surface area contributed by atoms with Crippen LogP contribution in [0.15, 0.2) is 0 Å². The fourth-order valence-electron chi connectivity index (χ4n) is 1.79. The van der Waals surface area contributed by atoms with Gasteiger partial charge < -0.3 is 16.4 Å². The van der Waals surface area contributed by atoms with Crippen molar-refractivity contribution in [3.63, 3.8) is 0 Å². The lowest BCUT2D eigenvalue weighted by atomic mass is 9.98. The zero-order valence-corrected chi connectivity index (χ0v) is 10.2. The molecule has 6 heteroatoms. The second-order valence-corrected chi connectivity index (χ2v) is 4.43. The molecule has 1 heterocycles. The Morgan fingerprint density at radius 3 is 2.65 bits per heavy atom. The fourth-order valence-corrected chi connectivity index (χ4v) is 1.79. The summed E-state index contributed by atoms with van der Waals surface area (Å²) in [6, 6.07) is -1.21. The number of carbonyl (C=O) groups excluding carboxylic acids is 3. The van der Waals surface area contributed by atoms with E-state index in [1.165, 1.54) is 0 Å². The minimum atomic E-state index is -0.676. The Morgan fingerprint density at radius 1 is 1.59 bits per heavy atom. The van der Waals surface area contributed by atoms with Gasteiger partial charge in [0.05, 0.1) is 0 Å². The van der Waals surface area contributed by atoms with Crippen LogP contribution in [0.2, 0.25) is 0 Å². The summed E-state index contributed by atoms with van der Waals surface area (Å²) in [7, 11) is 0. The predicted octanol–water partition coefficient (Wildman–Crippen LogP) is -0.719. The van der Waals surface area contributed by atoms with Crippen molar-refractivity contribution in [2.45, 2.75) is 45.2 Å². The SMILES string of the molecule is CC[C@H](C)[C@H](NC(=O)[C@H]1CCC(=O)N1)C(N)=O. The van der Waals surface area contributed by atoms with E-state index in [9.17, 15) is 14.4 Å². The van der Waals surface area contributed by atoms with Gasteiger partial charge >= 0.3 is 0 Å². The van der Waals surface area contributed by atoms with Crippen molar-refractivity contribution in [2.24, 2.45) is 11.7 Å². The van der Waals surface area contributed by atoms with Crippen LogP contribution < -0.4 is 16.4 Å². The zero-order chi connectivity index (χ0) is 13.0. The van der Waals surface area contributed by atoms with Gasteiger partial charge in [-0.05, 0) is 12.3 Å². The zero-order valence-electron chi connectivity index (χ0n) is 10.2. The minimum Gasteiger partial charge on any atom is -0.368 e. The number of nitrogens with two attached hydrogens (primary N) is 1. The van der Waals surface area contributed by atoms with Gasteiger partial charge in [-0.25, -0.2) is 0 Å². The van der Waals surface area contributed by atoms with Crippen molar-refractivity contribution in [1.29, 1.82) is 0 Å². The van der Waals surface area contributed by atoms with Crippen molar-refractivity contribution in [1.82, 2.24) is 10.6 Å². The van der Waals surface area contributed by atoms with E-state index in [4.69, 9.17) is 5.73 Å². The monoisotopic (exact) mass is 241 g/mol. The molecule has 4 N–H and O–H groups in total. The van der Waals surface area contributed by atoms with E-state index < -0.39 is 18.0 Å². The number of amides is 3. The molecule has 1 aliphatic rings. The van der Waals surface area contributed by atoms with E-state index >= 15 is 0 Å². The highest BCUT2D eigenvalue weighted by molar-refractivity contribution is 5.93. The molecule has 0 bridgehead atoms. The summed E-state index contributed by atoms with van der Waals surface area (Å²) < 4.78 is 0. The second kappa shape index (κ2) is 5.65. The molecular weight excluding hydrogens is 222 g/mol. The van der Waals surface area contributed by atoms with Crippen LogP contribution in [0.1, 0.15) is 33.1 Å². The average molecular weight is 241 g/mol. The Kier molecular flexibility index (Phi) is 4.48. The highest BCUT2D eigenvalue weighted by Gasteiger charge is 2.31. The predicted molar refractivity (Wildman–Crippen MR) is 61.7 cm³/mol. The van der Waals surface area contributed by atoms with Crippen LogP contribution in [-0.2, 0) is 14.4 Å². The van der Waals surface area contributed by atoms with E-state index in [2.05, 4.69) is 10.6 Å². The second-order valence-electron chi connectivity index (χ2n) is 4.43.